The van der Waals surface area contributed by atoms with Crippen LogP contribution in [0.2, 0.25) is 0 Å². The van der Waals surface area contributed by atoms with Crippen molar-refractivity contribution >= 4 is 5.69 Å². The van der Waals surface area contributed by atoms with Crippen molar-refractivity contribution in [1.82, 2.24) is 9.78 Å². The molecule has 0 radical (unpaired) electrons. The Morgan fingerprint density at radius 3 is 2.67 bits per heavy atom. The normalized spacial score (nSPS) is 10.6. The first-order valence-corrected chi connectivity index (χ1v) is 5.83. The number of nitro benzene ring substituents is 1. The molecule has 18 heavy (non-hydrogen) atoms. The minimum Gasteiger partial charge on any atom is -0.269 e. The summed E-state index contributed by atoms with van der Waals surface area (Å²) >= 11 is 0. The van der Waals surface area contributed by atoms with E-state index < -0.39 is 0 Å². The average molecular weight is 245 g/mol. The lowest BCUT2D eigenvalue weighted by molar-refractivity contribution is -0.384. The van der Waals surface area contributed by atoms with Crippen LogP contribution in [-0.2, 0) is 6.54 Å². The Morgan fingerprint density at radius 1 is 1.39 bits per heavy atom. The van der Waals surface area contributed by atoms with E-state index in [0.29, 0.717) is 0 Å². The molecule has 1 heterocycles. The van der Waals surface area contributed by atoms with E-state index in [0.717, 1.165) is 29.1 Å². The van der Waals surface area contributed by atoms with Crippen molar-refractivity contribution in [3.8, 4) is 11.1 Å². The predicted octanol–water partition coefficient (Wildman–Crippen LogP) is 3.10. The monoisotopic (exact) mass is 245 g/mol. The molecule has 0 bridgehead atoms. The number of nitrogens with zero attached hydrogens (tertiary/aromatic N) is 3. The van der Waals surface area contributed by atoms with Gasteiger partial charge in [-0.1, -0.05) is 12.1 Å². The summed E-state index contributed by atoms with van der Waals surface area (Å²) in [5, 5.41) is 15.2. The van der Waals surface area contributed by atoms with Crippen LogP contribution in [0, 0.1) is 24.0 Å². The summed E-state index contributed by atoms with van der Waals surface area (Å²) in [6, 6.07) is 6.68. The first kappa shape index (κ1) is 12.3. The summed E-state index contributed by atoms with van der Waals surface area (Å²) < 4.78 is 1.91. The fourth-order valence-corrected chi connectivity index (χ4v) is 2.20. The molecule has 5 nitrogen and oxygen atoms in total. The maximum Gasteiger partial charge on any atom is 0.270 e. The summed E-state index contributed by atoms with van der Waals surface area (Å²) in [7, 11) is 0. The number of nitro groups is 1. The fraction of sp³-hybridized carbons (Fsp3) is 0.308. The van der Waals surface area contributed by atoms with E-state index in [1.807, 2.05) is 31.5 Å². The highest BCUT2D eigenvalue weighted by atomic mass is 16.6. The summed E-state index contributed by atoms with van der Waals surface area (Å²) in [5.74, 6) is 0. The van der Waals surface area contributed by atoms with Crippen LogP contribution < -0.4 is 0 Å². The van der Waals surface area contributed by atoms with E-state index in [4.69, 9.17) is 0 Å². The minimum atomic E-state index is -0.377. The van der Waals surface area contributed by atoms with Crippen LogP contribution in [0.3, 0.4) is 0 Å². The molecule has 0 aliphatic heterocycles. The molecule has 5 heteroatoms. The molecular formula is C13H15N3O2. The molecule has 0 saturated carbocycles. The van der Waals surface area contributed by atoms with Gasteiger partial charge in [-0.05, 0) is 26.3 Å². The molecule has 1 aromatic heterocycles. The van der Waals surface area contributed by atoms with Crippen LogP contribution in [0.4, 0.5) is 5.69 Å². The van der Waals surface area contributed by atoms with Gasteiger partial charge < -0.3 is 0 Å². The Hall–Kier alpha value is -2.17. The highest BCUT2D eigenvalue weighted by molar-refractivity contribution is 5.70. The molecule has 0 aliphatic rings. The second-order valence-corrected chi connectivity index (χ2v) is 4.17. The van der Waals surface area contributed by atoms with Crippen LogP contribution in [-0.4, -0.2) is 14.7 Å². The first-order chi connectivity index (χ1) is 8.54. The largest absolute Gasteiger partial charge is 0.270 e. The maximum atomic E-state index is 10.8. The zero-order valence-electron chi connectivity index (χ0n) is 10.7. The van der Waals surface area contributed by atoms with Gasteiger partial charge in [-0.15, -0.1) is 0 Å². The zero-order valence-corrected chi connectivity index (χ0v) is 10.7. The molecule has 0 N–H and O–H groups in total. The highest BCUT2D eigenvalue weighted by Crippen LogP contribution is 2.29. The molecule has 0 spiro atoms. The Balaban J connectivity index is 2.58. The Labute approximate surface area is 105 Å². The molecule has 0 saturated heterocycles. The zero-order chi connectivity index (χ0) is 13.3. The third kappa shape index (κ3) is 1.99. The molecule has 0 amide bonds. The average Bonchev–Trinajstić information content (AvgIpc) is 2.64. The van der Waals surface area contributed by atoms with Crippen LogP contribution in [0.1, 0.15) is 18.3 Å². The van der Waals surface area contributed by atoms with Crippen LogP contribution in [0.25, 0.3) is 11.1 Å². The first-order valence-electron chi connectivity index (χ1n) is 5.83. The van der Waals surface area contributed by atoms with E-state index in [9.17, 15) is 10.1 Å². The number of hydrogen-bond acceptors (Lipinski definition) is 3. The van der Waals surface area contributed by atoms with Crippen molar-refractivity contribution in [2.24, 2.45) is 0 Å². The lowest BCUT2D eigenvalue weighted by Gasteiger charge is -2.03. The molecule has 1 aromatic carbocycles. The van der Waals surface area contributed by atoms with Gasteiger partial charge >= 0.3 is 0 Å². The van der Waals surface area contributed by atoms with Crippen molar-refractivity contribution in [2.75, 3.05) is 0 Å². The quantitative estimate of drug-likeness (QED) is 0.616. The van der Waals surface area contributed by atoms with Gasteiger partial charge in [0.15, 0.2) is 0 Å². The van der Waals surface area contributed by atoms with E-state index in [-0.39, 0.29) is 10.6 Å². The van der Waals surface area contributed by atoms with Gasteiger partial charge in [-0.3, -0.25) is 14.8 Å². The number of rotatable bonds is 3. The Morgan fingerprint density at radius 2 is 2.11 bits per heavy atom. The lowest BCUT2D eigenvalue weighted by atomic mass is 10.0. The number of benzene rings is 1. The van der Waals surface area contributed by atoms with Crippen molar-refractivity contribution in [3.63, 3.8) is 0 Å². The van der Waals surface area contributed by atoms with Crippen molar-refractivity contribution in [2.45, 2.75) is 27.3 Å². The smallest absolute Gasteiger partial charge is 0.269 e. The Kier molecular flexibility index (Phi) is 3.14. The van der Waals surface area contributed by atoms with E-state index in [1.165, 1.54) is 6.07 Å². The third-order valence-electron chi connectivity index (χ3n) is 3.03. The maximum absolute atomic E-state index is 10.8. The van der Waals surface area contributed by atoms with Crippen molar-refractivity contribution in [1.29, 1.82) is 0 Å². The van der Waals surface area contributed by atoms with Gasteiger partial charge in [0.05, 0.1) is 10.6 Å². The van der Waals surface area contributed by atoms with Crippen molar-refractivity contribution in [3.05, 3.63) is 45.8 Å². The summed E-state index contributed by atoms with van der Waals surface area (Å²) in [4.78, 5) is 10.4. The fourth-order valence-electron chi connectivity index (χ4n) is 2.20. The molecule has 0 fully saturated rings. The topological polar surface area (TPSA) is 61.0 Å². The van der Waals surface area contributed by atoms with Gasteiger partial charge in [0.1, 0.15) is 0 Å². The predicted molar refractivity (Wildman–Crippen MR) is 69.5 cm³/mol. The number of non-ortho nitro benzene ring substituents is 1. The number of aryl methyl sites for hydroxylation is 2. The Bertz CT molecular complexity index is 602. The van der Waals surface area contributed by atoms with Crippen LogP contribution in [0.15, 0.2) is 24.3 Å². The SMILES string of the molecule is CCn1nc(C)c(-c2cccc([N+](=O)[O-])c2)c1C. The second kappa shape index (κ2) is 4.60. The molecule has 2 rings (SSSR count). The third-order valence-corrected chi connectivity index (χ3v) is 3.03. The minimum absolute atomic E-state index is 0.107. The summed E-state index contributed by atoms with van der Waals surface area (Å²) in [6.07, 6.45) is 0. The van der Waals surface area contributed by atoms with E-state index >= 15 is 0 Å². The summed E-state index contributed by atoms with van der Waals surface area (Å²) in [5.41, 5.74) is 3.88. The molecular weight excluding hydrogens is 230 g/mol. The van der Waals surface area contributed by atoms with E-state index in [2.05, 4.69) is 5.10 Å². The standard InChI is InChI=1S/C13H15N3O2/c1-4-15-10(3)13(9(2)14-15)11-6-5-7-12(8-11)16(17)18/h5-8H,4H2,1-3H3. The lowest BCUT2D eigenvalue weighted by Crippen LogP contribution is -1.98. The molecule has 0 atom stereocenters. The van der Waals surface area contributed by atoms with Gasteiger partial charge in [0.25, 0.3) is 5.69 Å². The van der Waals surface area contributed by atoms with Crippen LogP contribution >= 0.6 is 0 Å². The second-order valence-electron chi connectivity index (χ2n) is 4.17. The molecule has 0 unspecified atom stereocenters. The summed E-state index contributed by atoms with van der Waals surface area (Å²) in [6.45, 7) is 6.73. The van der Waals surface area contributed by atoms with Gasteiger partial charge in [-0.2, -0.15) is 5.10 Å². The number of aromatic nitrogens is 2. The van der Waals surface area contributed by atoms with E-state index in [1.54, 1.807) is 12.1 Å². The molecule has 2 aromatic rings. The highest BCUT2D eigenvalue weighted by Gasteiger charge is 2.15. The van der Waals surface area contributed by atoms with Gasteiger partial charge in [0, 0.05) is 29.9 Å². The van der Waals surface area contributed by atoms with Crippen LogP contribution in [0.5, 0.6) is 0 Å². The number of hydrogen-bond donors (Lipinski definition) is 0. The van der Waals surface area contributed by atoms with Crippen molar-refractivity contribution < 1.29 is 4.92 Å². The molecule has 94 valence electrons. The van der Waals surface area contributed by atoms with Gasteiger partial charge in [0.2, 0.25) is 0 Å². The molecule has 0 aliphatic carbocycles. The van der Waals surface area contributed by atoms with Gasteiger partial charge in [-0.25, -0.2) is 0 Å².